The van der Waals surface area contributed by atoms with Crippen LogP contribution in [0, 0.1) is 5.41 Å². The van der Waals surface area contributed by atoms with Crippen LogP contribution in [0.15, 0.2) is 12.3 Å². The molecule has 0 aromatic heterocycles. The smallest absolute Gasteiger partial charge is 0.0856 e. The normalized spacial score (nSPS) is 22.9. The van der Waals surface area contributed by atoms with E-state index in [0.29, 0.717) is 11.2 Å². The first-order valence-electron chi connectivity index (χ1n) is 3.99. The lowest BCUT2D eigenvalue weighted by molar-refractivity contribution is 0.268. The van der Waals surface area contributed by atoms with Gasteiger partial charge in [0.2, 0.25) is 0 Å². The molecule has 1 fully saturated rings. The van der Waals surface area contributed by atoms with Crippen molar-refractivity contribution in [3.63, 3.8) is 0 Å². The quantitative estimate of drug-likeness (QED) is 0.584. The molecule has 0 saturated heterocycles. The van der Waals surface area contributed by atoms with Crippen LogP contribution in [0.3, 0.4) is 0 Å². The van der Waals surface area contributed by atoms with Crippen LogP contribution in [0.5, 0.6) is 0 Å². The molecule has 1 aliphatic rings. The third-order valence-corrected chi connectivity index (χ3v) is 2.44. The second-order valence-corrected chi connectivity index (χ2v) is 3.76. The molecular weight excluding hydrogens is 124 g/mol. The lowest BCUT2D eigenvalue weighted by Crippen LogP contribution is -2.11. The van der Waals surface area contributed by atoms with Crippen molar-refractivity contribution in [2.24, 2.45) is 5.41 Å². The lowest BCUT2D eigenvalue weighted by atomic mass is 9.85. The van der Waals surface area contributed by atoms with Gasteiger partial charge in [-0.1, -0.05) is 26.3 Å². The average Bonchev–Trinajstić information content (AvgIpc) is 2.12. The molecule has 1 aliphatic carbocycles. The Bertz CT molecular complexity index is 132. The summed E-state index contributed by atoms with van der Waals surface area (Å²) < 4.78 is 0. The van der Waals surface area contributed by atoms with Gasteiger partial charge in [-0.25, -0.2) is 0 Å². The minimum absolute atomic E-state index is 0.351. The molecule has 58 valence electrons. The summed E-state index contributed by atoms with van der Waals surface area (Å²) in [6.45, 7) is 5.76. The maximum absolute atomic E-state index is 8.98. The lowest BCUT2D eigenvalue weighted by Gasteiger charge is -2.21. The molecule has 1 rings (SSSR count). The molecule has 0 spiro atoms. The van der Waals surface area contributed by atoms with Gasteiger partial charge in [0.05, 0.1) is 5.76 Å². The molecule has 1 nitrogen and oxygen atoms in total. The maximum Gasteiger partial charge on any atom is 0.0856 e. The summed E-state index contributed by atoms with van der Waals surface area (Å²) in [6, 6.07) is 0. The van der Waals surface area contributed by atoms with Crippen LogP contribution < -0.4 is 0 Å². The molecule has 1 heteroatoms. The van der Waals surface area contributed by atoms with E-state index >= 15 is 0 Å². The molecule has 10 heavy (non-hydrogen) atoms. The maximum atomic E-state index is 8.98. The van der Waals surface area contributed by atoms with Crippen molar-refractivity contribution in [2.45, 2.75) is 39.0 Å². The number of aliphatic hydroxyl groups is 1. The van der Waals surface area contributed by atoms with E-state index in [1.54, 1.807) is 0 Å². The summed E-state index contributed by atoms with van der Waals surface area (Å²) >= 11 is 0. The Hall–Kier alpha value is -0.460. The van der Waals surface area contributed by atoms with Gasteiger partial charge in [-0.15, -0.1) is 0 Å². The molecule has 0 aromatic rings. The van der Waals surface area contributed by atoms with E-state index in [0.717, 1.165) is 6.42 Å². The highest BCUT2D eigenvalue weighted by molar-refractivity contribution is 4.91. The molecule has 0 aromatic carbocycles. The highest BCUT2D eigenvalue weighted by Crippen LogP contribution is 2.41. The molecule has 0 radical (unpaired) electrons. The van der Waals surface area contributed by atoms with Gasteiger partial charge in [0, 0.05) is 6.42 Å². The number of rotatable bonds is 2. The Kier molecular flexibility index (Phi) is 2.02. The van der Waals surface area contributed by atoms with Crippen molar-refractivity contribution in [1.82, 2.24) is 0 Å². The standard InChI is InChI=1S/C9H16O/c1-8(10)7-9(2)5-3-4-6-9/h10H,1,3-7H2,2H3. The van der Waals surface area contributed by atoms with Gasteiger partial charge in [0.25, 0.3) is 0 Å². The summed E-state index contributed by atoms with van der Waals surface area (Å²) in [6.07, 6.45) is 5.96. The number of hydrogen-bond donors (Lipinski definition) is 1. The Morgan fingerprint density at radius 3 is 2.40 bits per heavy atom. The Balaban J connectivity index is 2.43. The summed E-state index contributed by atoms with van der Waals surface area (Å²) in [5.41, 5.74) is 0.367. The second-order valence-electron chi connectivity index (χ2n) is 3.76. The van der Waals surface area contributed by atoms with E-state index in [9.17, 15) is 0 Å². The average molecular weight is 140 g/mol. The van der Waals surface area contributed by atoms with Gasteiger partial charge in [-0.3, -0.25) is 0 Å². The fourth-order valence-electron chi connectivity index (χ4n) is 1.90. The van der Waals surface area contributed by atoms with Crippen molar-refractivity contribution < 1.29 is 5.11 Å². The van der Waals surface area contributed by atoms with Gasteiger partial charge < -0.3 is 5.11 Å². The van der Waals surface area contributed by atoms with Crippen molar-refractivity contribution in [2.75, 3.05) is 0 Å². The number of hydrogen-bond acceptors (Lipinski definition) is 1. The first-order chi connectivity index (χ1) is 4.62. The van der Waals surface area contributed by atoms with Gasteiger partial charge >= 0.3 is 0 Å². The molecule has 0 atom stereocenters. The van der Waals surface area contributed by atoms with E-state index in [1.165, 1.54) is 25.7 Å². The fourth-order valence-corrected chi connectivity index (χ4v) is 1.90. The number of aliphatic hydroxyl groups excluding tert-OH is 1. The van der Waals surface area contributed by atoms with Crippen LogP contribution in [-0.4, -0.2) is 5.11 Å². The van der Waals surface area contributed by atoms with Gasteiger partial charge in [0.15, 0.2) is 0 Å². The summed E-state index contributed by atoms with van der Waals surface area (Å²) in [4.78, 5) is 0. The first kappa shape index (κ1) is 7.64. The van der Waals surface area contributed by atoms with Gasteiger partial charge in [0.1, 0.15) is 0 Å². The molecule has 0 heterocycles. The summed E-state index contributed by atoms with van der Waals surface area (Å²) in [5, 5.41) is 8.98. The van der Waals surface area contributed by atoms with Crippen molar-refractivity contribution in [3.05, 3.63) is 12.3 Å². The third-order valence-electron chi connectivity index (χ3n) is 2.44. The zero-order chi connectivity index (χ0) is 7.61. The van der Waals surface area contributed by atoms with Crippen LogP contribution in [0.2, 0.25) is 0 Å². The van der Waals surface area contributed by atoms with Crippen LogP contribution in [0.25, 0.3) is 0 Å². The fraction of sp³-hybridized carbons (Fsp3) is 0.778. The SMILES string of the molecule is C=C(O)CC1(C)CCCC1. The zero-order valence-corrected chi connectivity index (χ0v) is 6.69. The second kappa shape index (κ2) is 2.65. The highest BCUT2D eigenvalue weighted by Gasteiger charge is 2.28. The Labute approximate surface area is 62.8 Å². The Morgan fingerprint density at radius 2 is 2.00 bits per heavy atom. The van der Waals surface area contributed by atoms with E-state index in [-0.39, 0.29) is 0 Å². The van der Waals surface area contributed by atoms with E-state index in [1.807, 2.05) is 0 Å². The number of allylic oxidation sites excluding steroid dienone is 1. The van der Waals surface area contributed by atoms with Gasteiger partial charge in [-0.05, 0) is 18.3 Å². The minimum Gasteiger partial charge on any atom is -0.513 e. The largest absolute Gasteiger partial charge is 0.513 e. The van der Waals surface area contributed by atoms with Crippen LogP contribution in [0.4, 0.5) is 0 Å². The van der Waals surface area contributed by atoms with Gasteiger partial charge in [-0.2, -0.15) is 0 Å². The molecule has 1 N–H and O–H groups in total. The molecule has 0 aliphatic heterocycles. The molecule has 0 unspecified atom stereocenters. The zero-order valence-electron chi connectivity index (χ0n) is 6.69. The first-order valence-corrected chi connectivity index (χ1v) is 3.99. The highest BCUT2D eigenvalue weighted by atomic mass is 16.3. The molecule has 0 bridgehead atoms. The van der Waals surface area contributed by atoms with E-state index < -0.39 is 0 Å². The topological polar surface area (TPSA) is 20.2 Å². The summed E-state index contributed by atoms with van der Waals surface area (Å²) in [7, 11) is 0. The van der Waals surface area contributed by atoms with Crippen LogP contribution in [-0.2, 0) is 0 Å². The molecule has 1 saturated carbocycles. The van der Waals surface area contributed by atoms with Crippen LogP contribution >= 0.6 is 0 Å². The van der Waals surface area contributed by atoms with E-state index in [2.05, 4.69) is 13.5 Å². The van der Waals surface area contributed by atoms with Crippen molar-refractivity contribution in [1.29, 1.82) is 0 Å². The third kappa shape index (κ3) is 1.76. The minimum atomic E-state index is 0.351. The van der Waals surface area contributed by atoms with E-state index in [4.69, 9.17) is 5.11 Å². The predicted molar refractivity (Wildman–Crippen MR) is 43.0 cm³/mol. The Morgan fingerprint density at radius 1 is 1.50 bits per heavy atom. The monoisotopic (exact) mass is 140 g/mol. The van der Waals surface area contributed by atoms with Crippen molar-refractivity contribution >= 4 is 0 Å². The molecular formula is C9H16O. The van der Waals surface area contributed by atoms with Crippen LogP contribution in [0.1, 0.15) is 39.0 Å². The van der Waals surface area contributed by atoms with Crippen molar-refractivity contribution in [3.8, 4) is 0 Å². The molecule has 0 amide bonds. The predicted octanol–water partition coefficient (Wildman–Crippen LogP) is 3.03. The summed E-state index contributed by atoms with van der Waals surface area (Å²) in [5.74, 6) is 0.351.